The van der Waals surface area contributed by atoms with E-state index in [1.54, 1.807) is 6.07 Å². The highest BCUT2D eigenvalue weighted by molar-refractivity contribution is 5.89. The van der Waals surface area contributed by atoms with Crippen LogP contribution < -0.4 is 0 Å². The molecule has 1 N–H and O–H groups in total. The zero-order valence-corrected chi connectivity index (χ0v) is 7.71. The average Bonchev–Trinajstić information content (AvgIpc) is 2.45. The molecule has 0 unspecified atom stereocenters. The molecule has 0 saturated carbocycles. The number of carbonyl (C=O) groups is 1. The predicted octanol–water partition coefficient (Wildman–Crippen LogP) is 1.83. The van der Waals surface area contributed by atoms with Crippen LogP contribution in [0.25, 0.3) is 0 Å². The van der Waals surface area contributed by atoms with E-state index in [0.29, 0.717) is 5.56 Å². The summed E-state index contributed by atoms with van der Waals surface area (Å²) in [5, 5.41) is 8.94. The average molecular weight is 179 g/mol. The number of nitrogens with zero attached hydrogens (tertiary/aromatic N) is 1. The number of aromatic carboxylic acids is 1. The van der Waals surface area contributed by atoms with E-state index < -0.39 is 5.97 Å². The van der Waals surface area contributed by atoms with Crippen LogP contribution >= 0.6 is 0 Å². The summed E-state index contributed by atoms with van der Waals surface area (Å²) in [6.45, 7) is 2.95. The second-order valence-electron chi connectivity index (χ2n) is 3.56. The van der Waals surface area contributed by atoms with Gasteiger partial charge in [0.2, 0.25) is 0 Å². The summed E-state index contributed by atoms with van der Waals surface area (Å²) < 4.78 is 2.13. The van der Waals surface area contributed by atoms with Gasteiger partial charge in [-0.05, 0) is 32.3 Å². The second-order valence-corrected chi connectivity index (χ2v) is 3.56. The zero-order chi connectivity index (χ0) is 9.42. The summed E-state index contributed by atoms with van der Waals surface area (Å²) in [4.78, 5) is 10.9. The lowest BCUT2D eigenvalue weighted by atomic mass is 10.1. The van der Waals surface area contributed by atoms with Crippen molar-refractivity contribution in [3.05, 3.63) is 23.0 Å². The van der Waals surface area contributed by atoms with Gasteiger partial charge in [0.05, 0.1) is 5.56 Å². The number of hydrogen-bond acceptors (Lipinski definition) is 1. The Labute approximate surface area is 77.0 Å². The molecular weight excluding hydrogens is 166 g/mol. The Balaban J connectivity index is 2.53. The first-order valence-corrected chi connectivity index (χ1v) is 4.62. The van der Waals surface area contributed by atoms with Gasteiger partial charge in [-0.3, -0.25) is 0 Å². The summed E-state index contributed by atoms with van der Waals surface area (Å²) in [5.74, 6) is -0.793. The van der Waals surface area contributed by atoms with Gasteiger partial charge >= 0.3 is 5.97 Å². The van der Waals surface area contributed by atoms with E-state index in [0.717, 1.165) is 30.8 Å². The number of carboxylic acid groups (broad SMARTS) is 1. The Morgan fingerprint density at radius 2 is 2.31 bits per heavy atom. The Morgan fingerprint density at radius 3 is 3.00 bits per heavy atom. The van der Waals surface area contributed by atoms with Crippen molar-refractivity contribution in [1.82, 2.24) is 4.57 Å². The SMILES string of the molecule is Cc1cc(C(=O)O)c2n1CCCC2. The van der Waals surface area contributed by atoms with Gasteiger partial charge in [-0.1, -0.05) is 0 Å². The predicted molar refractivity (Wildman–Crippen MR) is 49.1 cm³/mol. The van der Waals surface area contributed by atoms with E-state index in [4.69, 9.17) is 5.11 Å². The highest BCUT2D eigenvalue weighted by Crippen LogP contribution is 2.22. The van der Waals surface area contributed by atoms with Gasteiger partial charge in [-0.15, -0.1) is 0 Å². The van der Waals surface area contributed by atoms with Crippen molar-refractivity contribution >= 4 is 5.97 Å². The van der Waals surface area contributed by atoms with E-state index in [-0.39, 0.29) is 0 Å². The monoisotopic (exact) mass is 179 g/mol. The molecular formula is C10H13NO2. The molecule has 2 rings (SSSR count). The third kappa shape index (κ3) is 1.24. The fourth-order valence-electron chi connectivity index (χ4n) is 2.06. The van der Waals surface area contributed by atoms with Crippen molar-refractivity contribution in [2.75, 3.05) is 0 Å². The maximum Gasteiger partial charge on any atom is 0.337 e. The number of aromatic nitrogens is 1. The largest absolute Gasteiger partial charge is 0.478 e. The molecule has 1 aliphatic rings. The minimum atomic E-state index is -0.793. The third-order valence-corrected chi connectivity index (χ3v) is 2.69. The third-order valence-electron chi connectivity index (χ3n) is 2.69. The molecule has 13 heavy (non-hydrogen) atoms. The Morgan fingerprint density at radius 1 is 1.54 bits per heavy atom. The molecule has 3 nitrogen and oxygen atoms in total. The maximum absolute atomic E-state index is 10.9. The molecule has 0 amide bonds. The van der Waals surface area contributed by atoms with Crippen LogP contribution in [0.3, 0.4) is 0 Å². The molecule has 0 saturated heterocycles. The van der Waals surface area contributed by atoms with Crippen molar-refractivity contribution < 1.29 is 9.90 Å². The van der Waals surface area contributed by atoms with Gasteiger partial charge < -0.3 is 9.67 Å². The Bertz CT molecular complexity index is 352. The topological polar surface area (TPSA) is 42.2 Å². The normalized spacial score (nSPS) is 15.5. The van der Waals surface area contributed by atoms with Crippen molar-refractivity contribution in [2.45, 2.75) is 32.7 Å². The van der Waals surface area contributed by atoms with Crippen LogP contribution in [-0.2, 0) is 13.0 Å². The minimum Gasteiger partial charge on any atom is -0.478 e. The zero-order valence-electron chi connectivity index (χ0n) is 7.71. The van der Waals surface area contributed by atoms with Crippen LogP contribution in [0.2, 0.25) is 0 Å². The van der Waals surface area contributed by atoms with Gasteiger partial charge in [-0.2, -0.15) is 0 Å². The van der Waals surface area contributed by atoms with Gasteiger partial charge in [0.15, 0.2) is 0 Å². The lowest BCUT2D eigenvalue weighted by Crippen LogP contribution is -2.13. The van der Waals surface area contributed by atoms with E-state index in [1.807, 2.05) is 6.92 Å². The summed E-state index contributed by atoms with van der Waals surface area (Å²) in [7, 11) is 0. The summed E-state index contributed by atoms with van der Waals surface area (Å²) in [5.41, 5.74) is 2.58. The Hall–Kier alpha value is -1.25. The molecule has 70 valence electrons. The first-order chi connectivity index (χ1) is 6.20. The smallest absolute Gasteiger partial charge is 0.337 e. The van der Waals surface area contributed by atoms with Crippen LogP contribution in [0.5, 0.6) is 0 Å². The highest BCUT2D eigenvalue weighted by Gasteiger charge is 2.19. The molecule has 2 heterocycles. The van der Waals surface area contributed by atoms with E-state index in [1.165, 1.54) is 6.42 Å². The fraction of sp³-hybridized carbons (Fsp3) is 0.500. The molecule has 0 aliphatic carbocycles. The Kier molecular flexibility index (Phi) is 1.87. The molecule has 0 aromatic carbocycles. The molecule has 1 aromatic rings. The van der Waals surface area contributed by atoms with Crippen LogP contribution in [0.1, 0.15) is 34.6 Å². The second kappa shape index (κ2) is 2.91. The molecule has 0 fully saturated rings. The van der Waals surface area contributed by atoms with E-state index >= 15 is 0 Å². The molecule has 0 bridgehead atoms. The molecule has 3 heteroatoms. The minimum absolute atomic E-state index is 0.497. The summed E-state index contributed by atoms with van der Waals surface area (Å²) in [6.07, 6.45) is 3.20. The van der Waals surface area contributed by atoms with Gasteiger partial charge in [-0.25, -0.2) is 4.79 Å². The first kappa shape index (κ1) is 8.35. The van der Waals surface area contributed by atoms with Crippen LogP contribution in [-0.4, -0.2) is 15.6 Å². The lowest BCUT2D eigenvalue weighted by Gasteiger charge is -2.17. The van der Waals surface area contributed by atoms with Gasteiger partial charge in [0.25, 0.3) is 0 Å². The summed E-state index contributed by atoms with van der Waals surface area (Å²) >= 11 is 0. The molecule has 1 aliphatic heterocycles. The van der Waals surface area contributed by atoms with Gasteiger partial charge in [0.1, 0.15) is 0 Å². The highest BCUT2D eigenvalue weighted by atomic mass is 16.4. The van der Waals surface area contributed by atoms with Crippen molar-refractivity contribution in [1.29, 1.82) is 0 Å². The molecule has 0 spiro atoms. The van der Waals surface area contributed by atoms with Gasteiger partial charge in [0, 0.05) is 17.9 Å². The van der Waals surface area contributed by atoms with E-state index in [2.05, 4.69) is 4.57 Å². The number of hydrogen-bond donors (Lipinski definition) is 1. The molecule has 0 radical (unpaired) electrons. The quantitative estimate of drug-likeness (QED) is 0.714. The number of carboxylic acids is 1. The van der Waals surface area contributed by atoms with Crippen LogP contribution in [0.4, 0.5) is 0 Å². The number of rotatable bonds is 1. The molecule has 1 aromatic heterocycles. The number of aryl methyl sites for hydroxylation is 1. The van der Waals surface area contributed by atoms with Crippen molar-refractivity contribution in [3.8, 4) is 0 Å². The van der Waals surface area contributed by atoms with Crippen molar-refractivity contribution in [3.63, 3.8) is 0 Å². The van der Waals surface area contributed by atoms with E-state index in [9.17, 15) is 4.79 Å². The molecule has 0 atom stereocenters. The van der Waals surface area contributed by atoms with Crippen LogP contribution in [0.15, 0.2) is 6.07 Å². The van der Waals surface area contributed by atoms with Crippen molar-refractivity contribution in [2.24, 2.45) is 0 Å². The van der Waals surface area contributed by atoms with Crippen LogP contribution in [0, 0.1) is 6.92 Å². The fourth-order valence-corrected chi connectivity index (χ4v) is 2.06. The maximum atomic E-state index is 10.9. The lowest BCUT2D eigenvalue weighted by molar-refractivity contribution is 0.0695. The first-order valence-electron chi connectivity index (χ1n) is 4.62. The standard InChI is InChI=1S/C10H13NO2/c1-7-6-8(10(12)13)9-4-2-3-5-11(7)9/h6H,2-5H2,1H3,(H,12,13). The number of fused-ring (bicyclic) bond motifs is 1. The summed E-state index contributed by atoms with van der Waals surface area (Å²) in [6, 6.07) is 1.78.